The predicted molar refractivity (Wildman–Crippen MR) is 143 cm³/mol. The molecule has 0 radical (unpaired) electrons. The Morgan fingerprint density at radius 2 is 1.65 bits per heavy atom. The largest absolute Gasteiger partial charge is 0.417 e. The summed E-state index contributed by atoms with van der Waals surface area (Å²) in [5.41, 5.74) is -1.14. The number of halogens is 3. The fourth-order valence-electron chi connectivity index (χ4n) is 5.30. The summed E-state index contributed by atoms with van der Waals surface area (Å²) in [4.78, 5) is 25.3. The van der Waals surface area contributed by atoms with Crippen LogP contribution in [0.2, 0.25) is 0 Å². The van der Waals surface area contributed by atoms with Gasteiger partial charge in [-0.1, -0.05) is 67.8 Å². The highest BCUT2D eigenvalue weighted by atomic mass is 19.4. The molecule has 40 heavy (non-hydrogen) atoms. The van der Waals surface area contributed by atoms with Gasteiger partial charge in [0.15, 0.2) is 5.78 Å². The van der Waals surface area contributed by atoms with E-state index in [-0.39, 0.29) is 12.1 Å². The third-order valence-electron chi connectivity index (χ3n) is 7.46. The van der Waals surface area contributed by atoms with E-state index in [9.17, 15) is 27.9 Å². The number of nitrogens with zero attached hydrogens (tertiary/aromatic N) is 1. The van der Waals surface area contributed by atoms with Crippen molar-refractivity contribution in [1.82, 2.24) is 0 Å². The highest BCUT2D eigenvalue weighted by Crippen LogP contribution is 2.38. The van der Waals surface area contributed by atoms with Gasteiger partial charge in [-0.25, -0.2) is 0 Å². The van der Waals surface area contributed by atoms with Gasteiger partial charge in [0.25, 0.3) is 5.91 Å². The topological polar surface area (TPSA) is 110 Å². The lowest BCUT2D eigenvalue weighted by Gasteiger charge is -2.37. The quantitative estimate of drug-likeness (QED) is 0.302. The molecule has 0 saturated heterocycles. The second kappa shape index (κ2) is 12.0. The number of aliphatic hydroxyl groups excluding tert-OH is 1. The molecule has 0 aromatic heterocycles. The van der Waals surface area contributed by atoms with Crippen LogP contribution in [0.15, 0.2) is 66.7 Å². The highest BCUT2D eigenvalue weighted by Gasteiger charge is 2.44. The Kier molecular flexibility index (Phi) is 8.72. The Morgan fingerprint density at radius 3 is 2.27 bits per heavy atom. The molecule has 4 rings (SSSR count). The third kappa shape index (κ3) is 6.41. The lowest BCUT2D eigenvalue weighted by Crippen LogP contribution is -2.51. The van der Waals surface area contributed by atoms with E-state index in [2.05, 4.69) is 5.32 Å². The Balaban J connectivity index is 1.63. The van der Waals surface area contributed by atoms with Crippen LogP contribution >= 0.6 is 0 Å². The average Bonchev–Trinajstić information content (AvgIpc) is 2.96. The number of carbonyl (C=O) groups excluding carboxylic acids is 2. The SMILES string of the molecule is N#Cc1ccc(NC(=O)[C@@](O)(Cc2cccc(-c3ccc(C(=O)CO)cc3)c2)C2CCCCC2)cc1C(F)(F)F. The molecular weight excluding hydrogens is 521 g/mol. The Morgan fingerprint density at radius 1 is 0.950 bits per heavy atom. The molecule has 1 fully saturated rings. The molecule has 1 saturated carbocycles. The van der Waals surface area contributed by atoms with Gasteiger partial charge in [-0.2, -0.15) is 18.4 Å². The van der Waals surface area contributed by atoms with E-state index in [1.165, 1.54) is 12.1 Å². The number of aliphatic hydroxyl groups is 2. The third-order valence-corrected chi connectivity index (χ3v) is 7.46. The monoisotopic (exact) mass is 550 g/mol. The van der Waals surface area contributed by atoms with Crippen molar-refractivity contribution in [3.05, 3.63) is 89.0 Å². The Labute approximate surface area is 230 Å². The van der Waals surface area contributed by atoms with Crippen molar-refractivity contribution in [2.75, 3.05) is 11.9 Å². The van der Waals surface area contributed by atoms with Gasteiger partial charge in [-0.15, -0.1) is 0 Å². The molecular formula is C31H29F3N2O4. The van der Waals surface area contributed by atoms with Crippen LogP contribution in [0.5, 0.6) is 0 Å². The van der Waals surface area contributed by atoms with Crippen LogP contribution in [0, 0.1) is 17.2 Å². The molecule has 1 amide bonds. The molecule has 1 aliphatic rings. The molecule has 0 bridgehead atoms. The van der Waals surface area contributed by atoms with Gasteiger partial charge in [0.05, 0.1) is 17.2 Å². The van der Waals surface area contributed by atoms with Gasteiger partial charge in [0.1, 0.15) is 12.2 Å². The number of rotatable bonds is 8. The summed E-state index contributed by atoms with van der Waals surface area (Å²) in [5.74, 6) is -1.59. The van der Waals surface area contributed by atoms with Crippen molar-refractivity contribution in [1.29, 1.82) is 5.26 Å². The maximum atomic E-state index is 13.6. The minimum Gasteiger partial charge on any atom is -0.388 e. The van der Waals surface area contributed by atoms with Gasteiger partial charge in [-0.05, 0) is 53.6 Å². The van der Waals surface area contributed by atoms with Crippen molar-refractivity contribution in [2.24, 2.45) is 5.92 Å². The van der Waals surface area contributed by atoms with E-state index in [0.717, 1.165) is 36.5 Å². The second-order valence-corrected chi connectivity index (χ2v) is 10.1. The average molecular weight is 551 g/mol. The predicted octanol–water partition coefficient (Wildman–Crippen LogP) is 5.91. The van der Waals surface area contributed by atoms with Crippen LogP contribution in [-0.4, -0.2) is 34.1 Å². The fraction of sp³-hybridized carbons (Fsp3) is 0.323. The van der Waals surface area contributed by atoms with E-state index in [4.69, 9.17) is 10.4 Å². The highest BCUT2D eigenvalue weighted by molar-refractivity contribution is 5.98. The number of alkyl halides is 3. The lowest BCUT2D eigenvalue weighted by molar-refractivity contribution is -0.142. The standard InChI is InChI=1S/C31H29F3N2O4/c32-31(33,34)27-16-26(14-13-24(27)18-35)36-29(39)30(40,25-7-2-1-3-8-25)17-20-5-4-6-23(15-20)21-9-11-22(12-10-21)28(38)19-37/h4-6,9-16,25,37,40H,1-3,7-8,17,19H2,(H,36,39)/t30-/m1/s1. The van der Waals surface area contributed by atoms with Gasteiger partial charge in [-0.3, -0.25) is 9.59 Å². The van der Waals surface area contributed by atoms with Crippen LogP contribution in [0.4, 0.5) is 18.9 Å². The number of benzene rings is 3. The zero-order valence-electron chi connectivity index (χ0n) is 21.7. The minimum absolute atomic E-state index is 0.0547. The van der Waals surface area contributed by atoms with Gasteiger partial charge < -0.3 is 15.5 Å². The number of hydrogen-bond acceptors (Lipinski definition) is 5. The van der Waals surface area contributed by atoms with Crippen LogP contribution in [0.3, 0.4) is 0 Å². The van der Waals surface area contributed by atoms with Gasteiger partial charge in [0, 0.05) is 17.7 Å². The number of hydrogen-bond donors (Lipinski definition) is 3. The molecule has 9 heteroatoms. The molecule has 3 N–H and O–H groups in total. The Hall–Kier alpha value is -4.00. The molecule has 3 aromatic rings. The molecule has 1 atom stereocenters. The smallest absolute Gasteiger partial charge is 0.388 e. The van der Waals surface area contributed by atoms with E-state index >= 15 is 0 Å². The van der Waals surface area contributed by atoms with Crippen LogP contribution < -0.4 is 5.32 Å². The van der Waals surface area contributed by atoms with Gasteiger partial charge >= 0.3 is 6.18 Å². The summed E-state index contributed by atoms with van der Waals surface area (Å²) in [5, 5.41) is 32.5. The van der Waals surface area contributed by atoms with Crippen LogP contribution in [0.1, 0.15) is 59.2 Å². The minimum atomic E-state index is -4.78. The summed E-state index contributed by atoms with van der Waals surface area (Å²) >= 11 is 0. The molecule has 6 nitrogen and oxygen atoms in total. The molecule has 208 valence electrons. The number of carbonyl (C=O) groups is 2. The van der Waals surface area contributed by atoms with E-state index in [1.807, 2.05) is 12.1 Å². The lowest BCUT2D eigenvalue weighted by atomic mass is 9.73. The van der Waals surface area contributed by atoms with E-state index in [1.54, 1.807) is 36.4 Å². The number of anilines is 1. The summed E-state index contributed by atoms with van der Waals surface area (Å²) < 4.78 is 40.4. The first-order valence-corrected chi connectivity index (χ1v) is 13.0. The normalized spacial score (nSPS) is 15.6. The second-order valence-electron chi connectivity index (χ2n) is 10.1. The number of Topliss-reactive ketones (excluding diaryl/α,β-unsaturated/α-hetero) is 1. The maximum Gasteiger partial charge on any atom is 0.417 e. The summed E-state index contributed by atoms with van der Waals surface area (Å²) in [6, 6.07) is 18.4. The number of amides is 1. The van der Waals surface area contributed by atoms with E-state index in [0.29, 0.717) is 30.0 Å². The molecule has 0 aliphatic heterocycles. The first-order chi connectivity index (χ1) is 19.0. The molecule has 0 heterocycles. The number of ketones is 1. The van der Waals surface area contributed by atoms with Crippen molar-refractivity contribution in [2.45, 2.75) is 50.3 Å². The van der Waals surface area contributed by atoms with Crippen molar-refractivity contribution in [3.8, 4) is 17.2 Å². The van der Waals surface area contributed by atoms with Crippen molar-refractivity contribution >= 4 is 17.4 Å². The van der Waals surface area contributed by atoms with Crippen LogP contribution in [0.25, 0.3) is 11.1 Å². The van der Waals surface area contributed by atoms with Crippen molar-refractivity contribution < 1.29 is 33.0 Å². The summed E-state index contributed by atoms with van der Waals surface area (Å²) in [6.07, 6.45) is -1.00. The van der Waals surface area contributed by atoms with Crippen molar-refractivity contribution in [3.63, 3.8) is 0 Å². The molecule has 0 spiro atoms. The Bertz CT molecular complexity index is 1420. The number of nitriles is 1. The molecule has 1 aliphatic carbocycles. The van der Waals surface area contributed by atoms with Crippen LogP contribution in [-0.2, 0) is 17.4 Å². The molecule has 3 aromatic carbocycles. The zero-order valence-corrected chi connectivity index (χ0v) is 21.7. The first-order valence-electron chi connectivity index (χ1n) is 13.0. The zero-order chi connectivity index (χ0) is 28.9. The maximum absolute atomic E-state index is 13.6. The summed E-state index contributed by atoms with van der Waals surface area (Å²) in [6.45, 7) is -0.587. The molecule has 0 unspecified atom stereocenters. The van der Waals surface area contributed by atoms with Gasteiger partial charge in [0.2, 0.25) is 0 Å². The van der Waals surface area contributed by atoms with E-state index < -0.39 is 47.1 Å². The summed E-state index contributed by atoms with van der Waals surface area (Å²) in [7, 11) is 0. The first kappa shape index (κ1) is 29.0. The fourth-order valence-corrected chi connectivity index (χ4v) is 5.30. The number of nitrogens with one attached hydrogen (secondary N) is 1.